The van der Waals surface area contributed by atoms with Crippen LogP contribution in [0.25, 0.3) is 0 Å². The average molecular weight is 287 g/mol. The molecule has 0 saturated carbocycles. The van der Waals surface area contributed by atoms with E-state index in [0.29, 0.717) is 17.7 Å². The minimum Gasteiger partial charge on any atom is -0.345 e. The molecule has 0 bridgehead atoms. The number of carbonyl (C=O) groups excluding carboxylic acids is 2. The van der Waals surface area contributed by atoms with Gasteiger partial charge in [-0.05, 0) is 26.0 Å². The summed E-state index contributed by atoms with van der Waals surface area (Å²) in [5, 5.41) is 2.63. The number of rotatable bonds is 4. The van der Waals surface area contributed by atoms with Gasteiger partial charge in [0, 0.05) is 19.2 Å². The van der Waals surface area contributed by atoms with Crippen LogP contribution in [0.4, 0.5) is 0 Å². The maximum absolute atomic E-state index is 12.2. The van der Waals surface area contributed by atoms with Crippen LogP contribution in [0.5, 0.6) is 0 Å². The van der Waals surface area contributed by atoms with Crippen LogP contribution in [0.3, 0.4) is 0 Å². The second kappa shape index (κ2) is 8.08. The van der Waals surface area contributed by atoms with Gasteiger partial charge in [-0.2, -0.15) is 0 Å². The van der Waals surface area contributed by atoms with Crippen molar-refractivity contribution >= 4 is 11.8 Å². The maximum atomic E-state index is 12.2. The van der Waals surface area contributed by atoms with Gasteiger partial charge in [0.05, 0.1) is 18.7 Å². The molecule has 5 heteroatoms. The Morgan fingerprint density at radius 1 is 1.38 bits per heavy atom. The molecule has 2 amide bonds. The Morgan fingerprint density at radius 2 is 2.10 bits per heavy atom. The zero-order valence-electron chi connectivity index (χ0n) is 12.7. The molecular weight excluding hydrogens is 266 g/mol. The first-order valence-electron chi connectivity index (χ1n) is 6.81. The maximum Gasteiger partial charge on any atom is 0.252 e. The van der Waals surface area contributed by atoms with Crippen molar-refractivity contribution in [1.82, 2.24) is 10.2 Å². The van der Waals surface area contributed by atoms with Gasteiger partial charge >= 0.3 is 0 Å². The predicted molar refractivity (Wildman–Crippen MR) is 82.8 cm³/mol. The summed E-state index contributed by atoms with van der Waals surface area (Å²) in [4.78, 5) is 25.5. The molecule has 3 N–H and O–H groups in total. The molecule has 112 valence electrons. The lowest BCUT2D eigenvalue weighted by molar-refractivity contribution is -0.128. The molecule has 0 atom stereocenters. The van der Waals surface area contributed by atoms with Gasteiger partial charge in [0.2, 0.25) is 5.91 Å². The van der Waals surface area contributed by atoms with E-state index in [1.165, 1.54) is 0 Å². The molecular formula is C16H21N3O2. The molecule has 5 nitrogen and oxygen atoms in total. The Bertz CT molecular complexity index is 585. The van der Waals surface area contributed by atoms with Gasteiger partial charge in [-0.3, -0.25) is 9.59 Å². The summed E-state index contributed by atoms with van der Waals surface area (Å²) in [6.07, 6.45) is 0. The predicted octanol–water partition coefficient (Wildman–Crippen LogP) is 0.513. The number of aryl methyl sites for hydroxylation is 1. The first-order valence-corrected chi connectivity index (χ1v) is 6.81. The Hall–Kier alpha value is -2.32. The average Bonchev–Trinajstić information content (AvgIpc) is 2.50. The SMILES string of the molecule is CCN(C)C(=O)CNC(=O)c1cc(C)ccc1C#CCN. The molecule has 0 saturated heterocycles. The molecule has 0 unspecified atom stereocenters. The molecule has 0 spiro atoms. The fraction of sp³-hybridized carbons (Fsp3) is 0.375. The normalized spacial score (nSPS) is 9.52. The number of carbonyl (C=O) groups is 2. The van der Waals surface area contributed by atoms with E-state index in [2.05, 4.69) is 17.2 Å². The number of nitrogens with one attached hydrogen (secondary N) is 1. The van der Waals surface area contributed by atoms with Crippen molar-refractivity contribution in [1.29, 1.82) is 0 Å². The number of hydrogen-bond donors (Lipinski definition) is 2. The second-order valence-electron chi connectivity index (χ2n) is 4.65. The van der Waals surface area contributed by atoms with Crippen LogP contribution in [-0.4, -0.2) is 43.4 Å². The molecule has 0 aromatic heterocycles. The summed E-state index contributed by atoms with van der Waals surface area (Å²) >= 11 is 0. The highest BCUT2D eigenvalue weighted by atomic mass is 16.2. The van der Waals surface area contributed by atoms with Crippen molar-refractivity contribution in [2.75, 3.05) is 26.7 Å². The molecule has 0 heterocycles. The monoisotopic (exact) mass is 287 g/mol. The minimum absolute atomic E-state index is 0.0269. The molecule has 1 rings (SSSR count). The van der Waals surface area contributed by atoms with Crippen LogP contribution in [0.15, 0.2) is 18.2 Å². The lowest BCUT2D eigenvalue weighted by atomic mass is 10.0. The van der Waals surface area contributed by atoms with Crippen LogP contribution in [0.1, 0.15) is 28.4 Å². The lowest BCUT2D eigenvalue weighted by Gasteiger charge is -2.15. The molecule has 21 heavy (non-hydrogen) atoms. The number of likely N-dealkylation sites (N-methyl/N-ethyl adjacent to an activating group) is 1. The number of benzene rings is 1. The smallest absolute Gasteiger partial charge is 0.252 e. The number of nitrogens with zero attached hydrogens (tertiary/aromatic N) is 1. The molecule has 0 aliphatic carbocycles. The highest BCUT2D eigenvalue weighted by molar-refractivity contribution is 5.98. The van der Waals surface area contributed by atoms with Crippen LogP contribution < -0.4 is 11.1 Å². The van der Waals surface area contributed by atoms with Crippen LogP contribution >= 0.6 is 0 Å². The summed E-state index contributed by atoms with van der Waals surface area (Å²) in [6, 6.07) is 5.42. The zero-order valence-corrected chi connectivity index (χ0v) is 12.7. The first kappa shape index (κ1) is 16.7. The third kappa shape index (κ3) is 4.93. The van der Waals surface area contributed by atoms with E-state index >= 15 is 0 Å². The van der Waals surface area contributed by atoms with Crippen LogP contribution in [0, 0.1) is 18.8 Å². The Morgan fingerprint density at radius 3 is 2.71 bits per heavy atom. The van der Waals surface area contributed by atoms with Gasteiger partial charge in [0.1, 0.15) is 0 Å². The molecule has 1 aromatic rings. The van der Waals surface area contributed by atoms with Gasteiger partial charge in [0.15, 0.2) is 0 Å². The molecule has 0 aliphatic heterocycles. The molecule has 1 aromatic carbocycles. The van der Waals surface area contributed by atoms with Gasteiger partial charge in [-0.25, -0.2) is 0 Å². The molecule has 0 fully saturated rings. The van der Waals surface area contributed by atoms with E-state index in [1.807, 2.05) is 19.9 Å². The molecule has 0 aliphatic rings. The summed E-state index contributed by atoms with van der Waals surface area (Å²) in [5.74, 6) is 5.17. The number of nitrogens with two attached hydrogens (primary N) is 1. The quantitative estimate of drug-likeness (QED) is 0.792. The summed E-state index contributed by atoms with van der Waals surface area (Å²) in [6.45, 7) is 4.58. The lowest BCUT2D eigenvalue weighted by Crippen LogP contribution is -2.38. The van der Waals surface area contributed by atoms with Crippen molar-refractivity contribution in [3.8, 4) is 11.8 Å². The number of amides is 2. The van der Waals surface area contributed by atoms with Crippen molar-refractivity contribution in [2.24, 2.45) is 5.73 Å². The fourth-order valence-corrected chi connectivity index (χ4v) is 1.66. The summed E-state index contributed by atoms with van der Waals surface area (Å²) in [7, 11) is 1.69. The summed E-state index contributed by atoms with van der Waals surface area (Å²) < 4.78 is 0. The Balaban J connectivity index is 2.86. The van der Waals surface area contributed by atoms with E-state index in [9.17, 15) is 9.59 Å². The highest BCUT2D eigenvalue weighted by Crippen LogP contribution is 2.10. The van der Waals surface area contributed by atoms with E-state index in [0.717, 1.165) is 5.56 Å². The van der Waals surface area contributed by atoms with Gasteiger partial charge in [-0.1, -0.05) is 23.5 Å². The summed E-state index contributed by atoms with van der Waals surface area (Å²) in [5.41, 5.74) is 7.38. The standard InChI is InChI=1S/C16H21N3O2/c1-4-19(3)15(20)11-18-16(21)14-10-12(2)7-8-13(14)6-5-9-17/h7-8,10H,4,9,11,17H2,1-3H3,(H,18,21). The minimum atomic E-state index is -0.308. The van der Waals surface area contributed by atoms with Gasteiger partial charge < -0.3 is 16.0 Å². The van der Waals surface area contributed by atoms with Crippen molar-refractivity contribution in [2.45, 2.75) is 13.8 Å². The van der Waals surface area contributed by atoms with Crippen molar-refractivity contribution < 1.29 is 9.59 Å². The third-order valence-corrected chi connectivity index (χ3v) is 3.05. The van der Waals surface area contributed by atoms with Crippen molar-refractivity contribution in [3.05, 3.63) is 34.9 Å². The van der Waals surface area contributed by atoms with E-state index in [4.69, 9.17) is 5.73 Å². The zero-order chi connectivity index (χ0) is 15.8. The van der Waals surface area contributed by atoms with Crippen LogP contribution in [0.2, 0.25) is 0 Å². The van der Waals surface area contributed by atoms with Crippen molar-refractivity contribution in [3.63, 3.8) is 0 Å². The molecule has 0 radical (unpaired) electrons. The van der Waals surface area contributed by atoms with Gasteiger partial charge in [0.25, 0.3) is 5.91 Å². The first-order chi connectivity index (χ1) is 9.99. The van der Waals surface area contributed by atoms with E-state index in [1.54, 1.807) is 24.1 Å². The fourth-order valence-electron chi connectivity index (χ4n) is 1.66. The Labute approximate surface area is 125 Å². The number of hydrogen-bond acceptors (Lipinski definition) is 3. The topological polar surface area (TPSA) is 75.4 Å². The third-order valence-electron chi connectivity index (χ3n) is 3.05. The van der Waals surface area contributed by atoms with E-state index < -0.39 is 0 Å². The highest BCUT2D eigenvalue weighted by Gasteiger charge is 2.13. The largest absolute Gasteiger partial charge is 0.345 e. The second-order valence-corrected chi connectivity index (χ2v) is 4.65. The van der Waals surface area contributed by atoms with Crippen LogP contribution in [-0.2, 0) is 4.79 Å². The van der Waals surface area contributed by atoms with Gasteiger partial charge in [-0.15, -0.1) is 0 Å². The van der Waals surface area contributed by atoms with E-state index in [-0.39, 0.29) is 24.9 Å². The Kier molecular flexibility index (Phi) is 6.44.